The van der Waals surface area contributed by atoms with Gasteiger partial charge in [0.2, 0.25) is 15.9 Å². The fourth-order valence-corrected chi connectivity index (χ4v) is 2.62. The Bertz CT molecular complexity index is 749. The van der Waals surface area contributed by atoms with Gasteiger partial charge in [-0.15, -0.1) is 0 Å². The van der Waals surface area contributed by atoms with E-state index in [1.165, 1.54) is 23.9 Å². The predicted molar refractivity (Wildman–Crippen MR) is 71.8 cm³/mol. The molecule has 0 aliphatic heterocycles. The number of fused-ring (bicyclic) bond motifs is 1. The molecule has 0 unspecified atom stereocenters. The number of hydrogen-bond donors (Lipinski definition) is 3. The number of carbonyl (C=O) groups excluding carboxylic acids is 1. The number of nitrogens with two attached hydrogens (primary N) is 2. The quantitative estimate of drug-likeness (QED) is 0.664. The smallest absolute Gasteiger partial charge is 0.240 e. The minimum atomic E-state index is -3.88. The lowest BCUT2D eigenvalue weighted by atomic mass is 10.2. The van der Waals surface area contributed by atoms with Crippen LogP contribution in [-0.2, 0) is 21.4 Å². The van der Waals surface area contributed by atoms with Crippen LogP contribution in [0.4, 0.5) is 5.69 Å². The summed E-state index contributed by atoms with van der Waals surface area (Å²) >= 11 is 0. The van der Waals surface area contributed by atoms with Gasteiger partial charge in [-0.1, -0.05) is 0 Å². The Labute approximate surface area is 110 Å². The van der Waals surface area contributed by atoms with Crippen LogP contribution in [0, 0.1) is 0 Å². The third kappa shape index (κ3) is 2.54. The number of anilines is 1. The van der Waals surface area contributed by atoms with Gasteiger partial charge in [0, 0.05) is 24.3 Å². The van der Waals surface area contributed by atoms with E-state index in [2.05, 4.69) is 5.32 Å². The Morgan fingerprint density at radius 2 is 2.11 bits per heavy atom. The average Bonchev–Trinajstić information content (AvgIpc) is 2.67. The largest absolute Gasteiger partial charge is 0.399 e. The van der Waals surface area contributed by atoms with Crippen molar-refractivity contribution in [1.82, 2.24) is 9.88 Å². The zero-order valence-corrected chi connectivity index (χ0v) is 11.1. The highest BCUT2D eigenvalue weighted by Crippen LogP contribution is 2.26. The molecule has 0 radical (unpaired) electrons. The molecule has 1 aromatic carbocycles. The van der Waals surface area contributed by atoms with Crippen LogP contribution in [0.5, 0.6) is 0 Å². The van der Waals surface area contributed by atoms with E-state index in [1.54, 1.807) is 12.1 Å². The van der Waals surface area contributed by atoms with Crippen molar-refractivity contribution in [3.63, 3.8) is 0 Å². The van der Waals surface area contributed by atoms with Crippen LogP contribution in [0.2, 0.25) is 0 Å². The number of rotatable bonds is 3. The molecule has 5 N–H and O–H groups in total. The third-order valence-electron chi connectivity index (χ3n) is 2.77. The van der Waals surface area contributed by atoms with E-state index in [4.69, 9.17) is 10.9 Å². The molecular formula is C11H14N4O3S. The Hall–Kier alpha value is -2.06. The molecule has 0 aliphatic carbocycles. The van der Waals surface area contributed by atoms with Gasteiger partial charge in [-0.3, -0.25) is 4.79 Å². The molecule has 0 saturated carbocycles. The number of hydrogen-bond acceptors (Lipinski definition) is 4. The summed E-state index contributed by atoms with van der Waals surface area (Å²) in [5.41, 5.74) is 6.66. The number of carbonyl (C=O) groups is 1. The fourth-order valence-electron chi connectivity index (χ4n) is 1.87. The van der Waals surface area contributed by atoms with Gasteiger partial charge in [0.25, 0.3) is 0 Å². The SMILES string of the molecule is CNC(=O)Cn1cc(S(N)(=O)=O)c2cc(N)ccc21. The molecule has 0 aliphatic rings. The molecule has 2 aromatic rings. The maximum absolute atomic E-state index is 11.5. The number of nitrogens with one attached hydrogen (secondary N) is 1. The molecule has 7 nitrogen and oxygen atoms in total. The van der Waals surface area contributed by atoms with Crippen molar-refractivity contribution in [2.24, 2.45) is 5.14 Å². The van der Waals surface area contributed by atoms with Gasteiger partial charge in [-0.2, -0.15) is 0 Å². The second-order valence-corrected chi connectivity index (χ2v) is 5.65. The van der Waals surface area contributed by atoms with Crippen molar-refractivity contribution in [3.05, 3.63) is 24.4 Å². The Balaban J connectivity index is 2.70. The number of nitrogen functional groups attached to an aromatic ring is 1. The standard InChI is InChI=1S/C11H14N4O3S/c1-14-11(16)6-15-5-10(19(13,17)18)8-4-7(12)2-3-9(8)15/h2-5H,6,12H2,1H3,(H,14,16)(H2,13,17,18). The number of amides is 1. The molecule has 0 fully saturated rings. The van der Waals surface area contributed by atoms with Crippen LogP contribution in [0.3, 0.4) is 0 Å². The van der Waals surface area contributed by atoms with E-state index < -0.39 is 10.0 Å². The predicted octanol–water partition coefficient (Wildman–Crippen LogP) is -0.383. The molecule has 1 heterocycles. The molecule has 19 heavy (non-hydrogen) atoms. The minimum absolute atomic E-state index is 0.00639. The Morgan fingerprint density at radius 1 is 1.42 bits per heavy atom. The maximum atomic E-state index is 11.5. The van der Waals surface area contributed by atoms with Gasteiger partial charge >= 0.3 is 0 Å². The van der Waals surface area contributed by atoms with Crippen LogP contribution in [0.15, 0.2) is 29.3 Å². The molecule has 2 rings (SSSR count). The first-order valence-corrected chi connectivity index (χ1v) is 6.99. The Morgan fingerprint density at radius 3 is 2.68 bits per heavy atom. The first-order valence-electron chi connectivity index (χ1n) is 5.44. The summed E-state index contributed by atoms with van der Waals surface area (Å²) in [6.07, 6.45) is 1.34. The van der Waals surface area contributed by atoms with Gasteiger partial charge in [-0.25, -0.2) is 13.6 Å². The van der Waals surface area contributed by atoms with E-state index in [0.29, 0.717) is 16.6 Å². The van der Waals surface area contributed by atoms with E-state index in [0.717, 1.165) is 0 Å². The minimum Gasteiger partial charge on any atom is -0.399 e. The summed E-state index contributed by atoms with van der Waals surface area (Å²) in [4.78, 5) is 11.4. The van der Waals surface area contributed by atoms with E-state index >= 15 is 0 Å². The number of likely N-dealkylation sites (N-methyl/N-ethyl adjacent to an activating group) is 1. The molecule has 1 amide bonds. The fraction of sp³-hybridized carbons (Fsp3) is 0.182. The van der Waals surface area contributed by atoms with Crippen LogP contribution in [0.25, 0.3) is 10.9 Å². The van der Waals surface area contributed by atoms with Crippen LogP contribution in [-0.4, -0.2) is 25.9 Å². The van der Waals surface area contributed by atoms with Crippen LogP contribution < -0.4 is 16.2 Å². The monoisotopic (exact) mass is 282 g/mol. The Kier molecular flexibility index (Phi) is 3.21. The zero-order valence-electron chi connectivity index (χ0n) is 10.3. The summed E-state index contributed by atoms with van der Waals surface area (Å²) in [5.74, 6) is -0.241. The second kappa shape index (κ2) is 4.56. The van der Waals surface area contributed by atoms with Crippen molar-refractivity contribution >= 4 is 32.5 Å². The number of primary sulfonamides is 1. The zero-order chi connectivity index (χ0) is 14.2. The van der Waals surface area contributed by atoms with Crippen LogP contribution >= 0.6 is 0 Å². The summed E-state index contributed by atoms with van der Waals surface area (Å²) in [6.45, 7) is 0.00639. The van der Waals surface area contributed by atoms with E-state index in [-0.39, 0.29) is 17.3 Å². The first kappa shape index (κ1) is 13.4. The summed E-state index contributed by atoms with van der Waals surface area (Å²) in [7, 11) is -2.37. The first-order chi connectivity index (χ1) is 8.82. The average molecular weight is 282 g/mol. The van der Waals surface area contributed by atoms with Crippen molar-refractivity contribution in [3.8, 4) is 0 Å². The summed E-state index contributed by atoms with van der Waals surface area (Å²) < 4.78 is 24.6. The second-order valence-electron chi connectivity index (χ2n) is 4.12. The van der Waals surface area contributed by atoms with Gasteiger partial charge in [-0.05, 0) is 18.2 Å². The van der Waals surface area contributed by atoms with Crippen molar-refractivity contribution < 1.29 is 13.2 Å². The molecule has 1 aromatic heterocycles. The lowest BCUT2D eigenvalue weighted by Crippen LogP contribution is -2.23. The van der Waals surface area contributed by atoms with Crippen molar-refractivity contribution in [1.29, 1.82) is 0 Å². The molecular weight excluding hydrogens is 268 g/mol. The number of sulfonamides is 1. The molecule has 0 bridgehead atoms. The molecule has 8 heteroatoms. The highest BCUT2D eigenvalue weighted by molar-refractivity contribution is 7.89. The highest BCUT2D eigenvalue weighted by atomic mass is 32.2. The maximum Gasteiger partial charge on any atom is 0.240 e. The molecule has 102 valence electrons. The number of benzene rings is 1. The topological polar surface area (TPSA) is 120 Å². The van der Waals surface area contributed by atoms with E-state index in [9.17, 15) is 13.2 Å². The number of nitrogens with zero attached hydrogens (tertiary/aromatic N) is 1. The normalized spacial score (nSPS) is 11.7. The third-order valence-corrected chi connectivity index (χ3v) is 3.71. The molecule has 0 atom stereocenters. The molecule has 0 spiro atoms. The summed E-state index contributed by atoms with van der Waals surface area (Å²) in [6, 6.07) is 4.81. The highest BCUT2D eigenvalue weighted by Gasteiger charge is 2.18. The number of aromatic nitrogens is 1. The van der Waals surface area contributed by atoms with Crippen molar-refractivity contribution in [2.75, 3.05) is 12.8 Å². The van der Waals surface area contributed by atoms with Gasteiger partial charge in [0.05, 0.1) is 5.52 Å². The van der Waals surface area contributed by atoms with E-state index in [1.807, 2.05) is 0 Å². The van der Waals surface area contributed by atoms with Gasteiger partial charge < -0.3 is 15.6 Å². The lowest BCUT2D eigenvalue weighted by Gasteiger charge is -2.03. The van der Waals surface area contributed by atoms with Gasteiger partial charge in [0.15, 0.2) is 0 Å². The summed E-state index contributed by atoms with van der Waals surface area (Å²) in [5, 5.41) is 8.05. The van der Waals surface area contributed by atoms with Gasteiger partial charge in [0.1, 0.15) is 11.4 Å². The lowest BCUT2D eigenvalue weighted by molar-refractivity contribution is -0.121. The van der Waals surface area contributed by atoms with Crippen LogP contribution in [0.1, 0.15) is 0 Å². The van der Waals surface area contributed by atoms with Crippen molar-refractivity contribution in [2.45, 2.75) is 11.4 Å². The molecule has 0 saturated heterocycles.